The molecule has 0 saturated heterocycles. The van der Waals surface area contributed by atoms with Crippen LogP contribution in [-0.2, 0) is 4.79 Å². The Morgan fingerprint density at radius 2 is 2.42 bits per heavy atom. The molecule has 0 bridgehead atoms. The van der Waals surface area contributed by atoms with Gasteiger partial charge in [-0.1, -0.05) is 6.92 Å². The minimum atomic E-state index is -0.871. The number of H-pyrrole nitrogens is 2. The van der Waals surface area contributed by atoms with Crippen LogP contribution < -0.4 is 5.69 Å². The van der Waals surface area contributed by atoms with Crippen molar-refractivity contribution in [1.82, 2.24) is 9.97 Å². The van der Waals surface area contributed by atoms with E-state index >= 15 is 0 Å². The van der Waals surface area contributed by atoms with Crippen molar-refractivity contribution >= 4 is 5.97 Å². The molecule has 12 heavy (non-hydrogen) atoms. The number of hydrogen-bond donors (Lipinski definition) is 3. The fourth-order valence-corrected chi connectivity index (χ4v) is 0.984. The van der Waals surface area contributed by atoms with Crippen LogP contribution in [0.3, 0.4) is 0 Å². The number of nitrogens with one attached hydrogen (secondary N) is 2. The van der Waals surface area contributed by atoms with Crippen molar-refractivity contribution in [2.45, 2.75) is 19.3 Å². The average Bonchev–Trinajstić information content (AvgIpc) is 2.34. The Balaban J connectivity index is 2.71. The third kappa shape index (κ3) is 1.98. The van der Waals surface area contributed by atoms with E-state index in [9.17, 15) is 9.59 Å². The van der Waals surface area contributed by atoms with Crippen molar-refractivity contribution in [2.24, 2.45) is 0 Å². The fourth-order valence-electron chi connectivity index (χ4n) is 0.984. The largest absolute Gasteiger partial charge is 0.481 e. The summed E-state index contributed by atoms with van der Waals surface area (Å²) in [7, 11) is 0. The van der Waals surface area contributed by atoms with Gasteiger partial charge in [-0.05, 0) is 0 Å². The molecule has 0 aliphatic carbocycles. The van der Waals surface area contributed by atoms with Crippen LogP contribution in [-0.4, -0.2) is 21.0 Å². The lowest BCUT2D eigenvalue weighted by Gasteiger charge is -2.03. The number of aromatic amines is 2. The summed E-state index contributed by atoms with van der Waals surface area (Å²) in [5.74, 6) is -1.04. The first-order valence-electron chi connectivity index (χ1n) is 3.59. The number of hydrogen-bond acceptors (Lipinski definition) is 2. The third-order valence-electron chi connectivity index (χ3n) is 1.63. The maximum Gasteiger partial charge on any atom is 0.323 e. The highest BCUT2D eigenvalue weighted by molar-refractivity contribution is 5.67. The summed E-state index contributed by atoms with van der Waals surface area (Å²) in [5.41, 5.74) is 0.324. The van der Waals surface area contributed by atoms with Crippen molar-refractivity contribution in [3.05, 3.63) is 22.4 Å². The van der Waals surface area contributed by atoms with E-state index in [-0.39, 0.29) is 18.0 Å². The van der Waals surface area contributed by atoms with Crippen LogP contribution in [0.1, 0.15) is 25.0 Å². The number of aliphatic carboxylic acids is 1. The molecule has 1 heterocycles. The number of imidazole rings is 1. The van der Waals surface area contributed by atoms with Gasteiger partial charge in [0.2, 0.25) is 0 Å². The minimum Gasteiger partial charge on any atom is -0.481 e. The van der Waals surface area contributed by atoms with Crippen LogP contribution in [0.4, 0.5) is 0 Å². The summed E-state index contributed by atoms with van der Waals surface area (Å²) in [6, 6.07) is 0. The summed E-state index contributed by atoms with van der Waals surface area (Å²) in [4.78, 5) is 25.8. The maximum absolute atomic E-state index is 10.6. The molecule has 1 unspecified atom stereocenters. The Morgan fingerprint density at radius 3 is 2.83 bits per heavy atom. The Hall–Kier alpha value is -1.52. The molecule has 0 aliphatic heterocycles. The van der Waals surface area contributed by atoms with E-state index in [1.165, 1.54) is 6.20 Å². The van der Waals surface area contributed by atoms with Crippen molar-refractivity contribution in [1.29, 1.82) is 0 Å². The Morgan fingerprint density at radius 1 is 1.75 bits per heavy atom. The molecule has 0 spiro atoms. The smallest absolute Gasteiger partial charge is 0.323 e. The van der Waals surface area contributed by atoms with Gasteiger partial charge in [-0.25, -0.2) is 4.79 Å². The highest BCUT2D eigenvalue weighted by Gasteiger charge is 2.11. The molecule has 0 aromatic carbocycles. The second-order valence-electron chi connectivity index (χ2n) is 2.70. The molecule has 66 valence electrons. The van der Waals surface area contributed by atoms with Gasteiger partial charge in [0.05, 0.1) is 6.42 Å². The number of carboxylic acid groups (broad SMARTS) is 1. The van der Waals surface area contributed by atoms with Crippen LogP contribution >= 0.6 is 0 Å². The first-order valence-corrected chi connectivity index (χ1v) is 3.59. The quantitative estimate of drug-likeness (QED) is 0.609. The Labute approximate surface area is 68.4 Å². The van der Waals surface area contributed by atoms with E-state index < -0.39 is 5.97 Å². The molecule has 0 saturated carbocycles. The van der Waals surface area contributed by atoms with E-state index in [0.29, 0.717) is 5.69 Å². The van der Waals surface area contributed by atoms with Gasteiger partial charge in [-0.15, -0.1) is 0 Å². The molecule has 3 N–H and O–H groups in total. The normalized spacial score (nSPS) is 12.8. The summed E-state index contributed by atoms with van der Waals surface area (Å²) >= 11 is 0. The van der Waals surface area contributed by atoms with Crippen molar-refractivity contribution in [2.75, 3.05) is 0 Å². The van der Waals surface area contributed by atoms with Crippen LogP contribution in [0.15, 0.2) is 11.0 Å². The topological polar surface area (TPSA) is 85.9 Å². The number of carbonyl (C=O) groups is 1. The Kier molecular flexibility index (Phi) is 2.32. The van der Waals surface area contributed by atoms with Gasteiger partial charge in [-0.2, -0.15) is 0 Å². The molecular weight excluding hydrogens is 160 g/mol. The average molecular weight is 170 g/mol. The number of carboxylic acids is 1. The summed E-state index contributed by atoms with van der Waals surface area (Å²) in [6.07, 6.45) is 1.52. The van der Waals surface area contributed by atoms with Gasteiger partial charge in [0.25, 0.3) is 0 Å². The van der Waals surface area contributed by atoms with E-state index in [1.807, 2.05) is 0 Å². The van der Waals surface area contributed by atoms with Crippen LogP contribution in [0.2, 0.25) is 0 Å². The molecule has 1 rings (SSSR count). The molecule has 1 aromatic rings. The molecule has 0 amide bonds. The molecule has 1 atom stereocenters. The van der Waals surface area contributed by atoms with Gasteiger partial charge < -0.3 is 15.1 Å². The van der Waals surface area contributed by atoms with Gasteiger partial charge in [0, 0.05) is 17.8 Å². The van der Waals surface area contributed by atoms with Crippen molar-refractivity contribution in [3.8, 4) is 0 Å². The first kappa shape index (κ1) is 8.58. The monoisotopic (exact) mass is 170 g/mol. The standard InChI is InChI=1S/C7H10N2O3/c1-4(2-6(10)11)5-3-8-7(12)9-5/h3-4H,2H2,1H3,(H,10,11)(H2,8,9,12). The molecule has 0 aliphatic rings. The van der Waals surface area contributed by atoms with E-state index in [2.05, 4.69) is 9.97 Å². The predicted molar refractivity (Wildman–Crippen MR) is 42.1 cm³/mol. The maximum atomic E-state index is 10.6. The van der Waals surface area contributed by atoms with Gasteiger partial charge in [-0.3, -0.25) is 4.79 Å². The predicted octanol–water partition coefficient (Wildman–Crippen LogP) is 0.281. The lowest BCUT2D eigenvalue weighted by Crippen LogP contribution is -2.06. The van der Waals surface area contributed by atoms with Crippen LogP contribution in [0, 0.1) is 0 Å². The molecular formula is C7H10N2O3. The van der Waals surface area contributed by atoms with Crippen LogP contribution in [0.25, 0.3) is 0 Å². The lowest BCUT2D eigenvalue weighted by atomic mass is 10.1. The Bertz CT molecular complexity index is 325. The fraction of sp³-hybridized carbons (Fsp3) is 0.429. The molecule has 0 radical (unpaired) electrons. The number of aromatic nitrogens is 2. The van der Waals surface area contributed by atoms with Gasteiger partial charge >= 0.3 is 11.7 Å². The zero-order valence-electron chi connectivity index (χ0n) is 6.63. The molecule has 1 aromatic heterocycles. The minimum absolute atomic E-state index is 0.0216. The molecule has 0 fully saturated rings. The zero-order valence-corrected chi connectivity index (χ0v) is 6.63. The summed E-state index contributed by atoms with van der Waals surface area (Å²) < 4.78 is 0. The highest BCUT2D eigenvalue weighted by Crippen LogP contribution is 2.13. The molecule has 5 nitrogen and oxygen atoms in total. The summed E-state index contributed by atoms with van der Waals surface area (Å²) in [6.45, 7) is 1.74. The first-order chi connectivity index (χ1) is 5.59. The third-order valence-corrected chi connectivity index (χ3v) is 1.63. The van der Waals surface area contributed by atoms with E-state index in [0.717, 1.165) is 0 Å². The van der Waals surface area contributed by atoms with Crippen molar-refractivity contribution < 1.29 is 9.90 Å². The van der Waals surface area contributed by atoms with Gasteiger partial charge in [0.15, 0.2) is 0 Å². The van der Waals surface area contributed by atoms with Crippen LogP contribution in [0.5, 0.6) is 0 Å². The summed E-state index contributed by atoms with van der Waals surface area (Å²) in [5, 5.41) is 8.45. The SMILES string of the molecule is CC(CC(=O)O)c1c[nH]c(=O)[nH]1. The van der Waals surface area contributed by atoms with Crippen molar-refractivity contribution in [3.63, 3.8) is 0 Å². The lowest BCUT2D eigenvalue weighted by molar-refractivity contribution is -0.137. The number of rotatable bonds is 3. The molecule has 5 heteroatoms. The van der Waals surface area contributed by atoms with Gasteiger partial charge in [0.1, 0.15) is 0 Å². The van der Waals surface area contributed by atoms with E-state index in [1.54, 1.807) is 6.92 Å². The zero-order chi connectivity index (χ0) is 9.14. The second-order valence-corrected chi connectivity index (χ2v) is 2.70. The van der Waals surface area contributed by atoms with E-state index in [4.69, 9.17) is 5.11 Å². The second kappa shape index (κ2) is 3.25. The highest BCUT2D eigenvalue weighted by atomic mass is 16.4.